The predicted octanol–water partition coefficient (Wildman–Crippen LogP) is 2.34. The molecular formula is C6H3FINO2. The Morgan fingerprint density at radius 2 is 2.18 bits per heavy atom. The Labute approximate surface area is 75.5 Å². The van der Waals surface area contributed by atoms with Crippen molar-refractivity contribution in [2.24, 2.45) is 0 Å². The van der Waals surface area contributed by atoms with Gasteiger partial charge >= 0.3 is 5.69 Å². The van der Waals surface area contributed by atoms with Crippen molar-refractivity contribution in [1.29, 1.82) is 0 Å². The first-order valence-corrected chi connectivity index (χ1v) is 3.79. The highest BCUT2D eigenvalue weighted by molar-refractivity contribution is 14.1. The van der Waals surface area contributed by atoms with Gasteiger partial charge in [-0.15, -0.1) is 0 Å². The van der Waals surface area contributed by atoms with E-state index in [1.54, 1.807) is 22.6 Å². The summed E-state index contributed by atoms with van der Waals surface area (Å²) < 4.78 is 13.0. The molecular weight excluding hydrogens is 264 g/mol. The van der Waals surface area contributed by atoms with Crippen LogP contribution in [-0.2, 0) is 0 Å². The van der Waals surface area contributed by atoms with Gasteiger partial charge in [0, 0.05) is 0 Å². The molecule has 5 heteroatoms. The first-order valence-electron chi connectivity index (χ1n) is 2.71. The van der Waals surface area contributed by atoms with Crippen molar-refractivity contribution in [2.45, 2.75) is 0 Å². The molecule has 0 aromatic heterocycles. The van der Waals surface area contributed by atoms with Gasteiger partial charge < -0.3 is 0 Å². The topological polar surface area (TPSA) is 43.1 Å². The molecule has 1 rings (SSSR count). The summed E-state index contributed by atoms with van der Waals surface area (Å²) in [4.78, 5) is 9.48. The second kappa shape index (κ2) is 3.12. The lowest BCUT2D eigenvalue weighted by Crippen LogP contribution is -1.94. The van der Waals surface area contributed by atoms with Gasteiger partial charge in [0.25, 0.3) is 0 Å². The van der Waals surface area contributed by atoms with Crippen LogP contribution in [0.3, 0.4) is 0 Å². The van der Waals surface area contributed by atoms with Crippen molar-refractivity contribution in [1.82, 2.24) is 0 Å². The zero-order valence-corrected chi connectivity index (χ0v) is 7.41. The number of rotatable bonds is 1. The fraction of sp³-hybridized carbons (Fsp3) is 0. The van der Waals surface area contributed by atoms with Crippen LogP contribution in [0.5, 0.6) is 0 Å². The predicted molar refractivity (Wildman–Crippen MR) is 45.8 cm³/mol. The number of hydrogen-bond acceptors (Lipinski definition) is 2. The van der Waals surface area contributed by atoms with Crippen molar-refractivity contribution in [2.75, 3.05) is 0 Å². The van der Waals surface area contributed by atoms with Crippen LogP contribution >= 0.6 is 22.6 Å². The minimum absolute atomic E-state index is 0.313. The minimum Gasteiger partial charge on any atom is -0.258 e. The average Bonchev–Trinajstić information content (AvgIpc) is 1.85. The van der Waals surface area contributed by atoms with E-state index in [1.165, 1.54) is 12.1 Å². The Hall–Kier alpha value is -0.720. The van der Waals surface area contributed by atoms with Gasteiger partial charge in [0.05, 0.1) is 8.49 Å². The maximum Gasteiger partial charge on any atom is 0.317 e. The van der Waals surface area contributed by atoms with E-state index in [1.807, 2.05) is 0 Å². The lowest BCUT2D eigenvalue weighted by atomic mass is 10.3. The largest absolute Gasteiger partial charge is 0.317 e. The zero-order valence-electron chi connectivity index (χ0n) is 5.25. The monoisotopic (exact) mass is 267 g/mol. The summed E-state index contributed by atoms with van der Waals surface area (Å²) in [7, 11) is 0. The molecule has 0 aliphatic heterocycles. The molecule has 58 valence electrons. The number of benzene rings is 1. The third-order valence-corrected chi connectivity index (χ3v) is 1.99. The highest BCUT2D eigenvalue weighted by atomic mass is 127. The standard InChI is InChI=1S/C6H3FINO2/c7-4-2-1-3-5(8)6(4)9(10)11/h1-3H. The molecule has 0 unspecified atom stereocenters. The lowest BCUT2D eigenvalue weighted by molar-refractivity contribution is -0.388. The molecule has 3 nitrogen and oxygen atoms in total. The maximum atomic E-state index is 12.7. The van der Waals surface area contributed by atoms with Gasteiger partial charge in [0.15, 0.2) is 0 Å². The molecule has 11 heavy (non-hydrogen) atoms. The number of nitro benzene ring substituents is 1. The number of halogens is 2. The zero-order chi connectivity index (χ0) is 8.43. The van der Waals surface area contributed by atoms with E-state index in [2.05, 4.69) is 0 Å². The molecule has 0 heterocycles. The molecule has 0 atom stereocenters. The van der Waals surface area contributed by atoms with E-state index < -0.39 is 16.4 Å². The summed E-state index contributed by atoms with van der Waals surface area (Å²) in [6.07, 6.45) is 0. The van der Waals surface area contributed by atoms with Crippen LogP contribution in [0.25, 0.3) is 0 Å². The Morgan fingerprint density at radius 1 is 1.55 bits per heavy atom. The van der Waals surface area contributed by atoms with Crippen molar-refractivity contribution in [3.8, 4) is 0 Å². The molecule has 0 amide bonds. The molecule has 0 bridgehead atoms. The van der Waals surface area contributed by atoms with Gasteiger partial charge in [-0.25, -0.2) is 0 Å². The van der Waals surface area contributed by atoms with Gasteiger partial charge in [0.2, 0.25) is 5.82 Å². The second-order valence-corrected chi connectivity index (χ2v) is 2.99. The molecule has 1 aromatic carbocycles. The number of para-hydroxylation sites is 1. The minimum atomic E-state index is -0.790. The smallest absolute Gasteiger partial charge is 0.258 e. The third-order valence-electron chi connectivity index (χ3n) is 1.12. The van der Waals surface area contributed by atoms with Gasteiger partial charge in [0.1, 0.15) is 0 Å². The van der Waals surface area contributed by atoms with Gasteiger partial charge in [-0.2, -0.15) is 4.39 Å². The fourth-order valence-corrected chi connectivity index (χ4v) is 1.33. The fourth-order valence-electron chi connectivity index (χ4n) is 0.663. The van der Waals surface area contributed by atoms with Crippen LogP contribution < -0.4 is 0 Å². The van der Waals surface area contributed by atoms with E-state index in [-0.39, 0.29) is 0 Å². The molecule has 1 aromatic rings. The molecule has 0 spiro atoms. The molecule has 0 saturated carbocycles. The van der Waals surface area contributed by atoms with Crippen molar-refractivity contribution < 1.29 is 9.31 Å². The van der Waals surface area contributed by atoms with E-state index in [9.17, 15) is 14.5 Å². The Morgan fingerprint density at radius 3 is 2.55 bits per heavy atom. The SMILES string of the molecule is O=[N+]([O-])c1c(F)cccc1I. The normalized spacial score (nSPS) is 9.64. The van der Waals surface area contributed by atoms with Gasteiger partial charge in [-0.05, 0) is 34.7 Å². The van der Waals surface area contributed by atoms with Crippen molar-refractivity contribution >= 4 is 28.3 Å². The van der Waals surface area contributed by atoms with Crippen LogP contribution in [0.2, 0.25) is 0 Å². The summed E-state index contributed by atoms with van der Waals surface area (Å²) in [6.45, 7) is 0. The quantitative estimate of drug-likeness (QED) is 0.445. The summed E-state index contributed by atoms with van der Waals surface area (Å²) >= 11 is 1.72. The van der Waals surface area contributed by atoms with Crippen LogP contribution in [0.1, 0.15) is 0 Å². The first kappa shape index (κ1) is 8.38. The summed E-state index contributed by atoms with van der Waals surface area (Å²) in [5.41, 5.74) is -0.451. The highest BCUT2D eigenvalue weighted by Crippen LogP contribution is 2.23. The summed E-state index contributed by atoms with van der Waals surface area (Å²) in [6, 6.07) is 3.99. The Bertz CT molecular complexity index is 282. The maximum absolute atomic E-state index is 12.7. The molecule has 0 aliphatic carbocycles. The van der Waals surface area contributed by atoms with Crippen LogP contribution in [0, 0.1) is 19.5 Å². The number of nitro groups is 1. The average molecular weight is 267 g/mol. The third kappa shape index (κ3) is 1.65. The highest BCUT2D eigenvalue weighted by Gasteiger charge is 2.16. The summed E-state index contributed by atoms with van der Waals surface area (Å²) in [5, 5.41) is 10.2. The molecule has 0 aliphatic rings. The molecule has 0 fully saturated rings. The van der Waals surface area contributed by atoms with Gasteiger partial charge in [-0.3, -0.25) is 10.1 Å². The van der Waals surface area contributed by atoms with Gasteiger partial charge in [-0.1, -0.05) is 6.07 Å². The van der Waals surface area contributed by atoms with E-state index >= 15 is 0 Å². The van der Waals surface area contributed by atoms with E-state index in [0.717, 1.165) is 6.07 Å². The van der Waals surface area contributed by atoms with Crippen molar-refractivity contribution in [3.63, 3.8) is 0 Å². The van der Waals surface area contributed by atoms with E-state index in [0.29, 0.717) is 3.57 Å². The van der Waals surface area contributed by atoms with E-state index in [4.69, 9.17) is 0 Å². The summed E-state index contributed by atoms with van der Waals surface area (Å²) in [5.74, 6) is -0.790. The molecule has 0 saturated heterocycles. The Balaban J connectivity index is 3.32. The number of nitrogens with zero attached hydrogens (tertiary/aromatic N) is 1. The molecule has 0 radical (unpaired) electrons. The van der Waals surface area contributed by atoms with Crippen LogP contribution in [-0.4, -0.2) is 4.92 Å². The van der Waals surface area contributed by atoms with Crippen LogP contribution in [0.4, 0.5) is 10.1 Å². The van der Waals surface area contributed by atoms with Crippen molar-refractivity contribution in [3.05, 3.63) is 37.7 Å². The number of hydrogen-bond donors (Lipinski definition) is 0. The molecule has 0 N–H and O–H groups in total. The first-order chi connectivity index (χ1) is 5.13. The van der Waals surface area contributed by atoms with Crippen LogP contribution in [0.15, 0.2) is 18.2 Å². The lowest BCUT2D eigenvalue weighted by Gasteiger charge is -1.94. The second-order valence-electron chi connectivity index (χ2n) is 1.83. The Kier molecular flexibility index (Phi) is 2.38.